The van der Waals surface area contributed by atoms with Crippen molar-refractivity contribution in [3.05, 3.63) is 23.8 Å². The van der Waals surface area contributed by atoms with Gasteiger partial charge in [-0.2, -0.15) is 13.2 Å². The minimum Gasteiger partial charge on any atom is -0.379 e. The van der Waals surface area contributed by atoms with Crippen LogP contribution in [0.1, 0.15) is 12.0 Å². The zero-order chi connectivity index (χ0) is 20.7. The van der Waals surface area contributed by atoms with Crippen molar-refractivity contribution in [3.8, 4) is 0 Å². The number of carbonyl (C=O) groups is 1. The minimum absolute atomic E-state index is 0.146. The second kappa shape index (κ2) is 10.1. The van der Waals surface area contributed by atoms with Gasteiger partial charge in [-0.1, -0.05) is 0 Å². The summed E-state index contributed by atoms with van der Waals surface area (Å²) in [6.07, 6.45) is -3.72. The molecule has 2 aliphatic rings. The average molecular weight is 416 g/mol. The number of hydrogen-bond donors (Lipinski definition) is 2. The molecule has 0 radical (unpaired) electrons. The molecule has 2 N–H and O–H groups in total. The fourth-order valence-corrected chi connectivity index (χ4v) is 3.39. The van der Waals surface area contributed by atoms with E-state index in [1.165, 1.54) is 6.07 Å². The maximum absolute atomic E-state index is 13.1. The van der Waals surface area contributed by atoms with Crippen molar-refractivity contribution in [2.75, 3.05) is 75.9 Å². The highest BCUT2D eigenvalue weighted by Crippen LogP contribution is 2.35. The molecular weight excluding hydrogens is 389 g/mol. The molecule has 1 aromatic rings. The number of rotatable bonds is 6. The van der Waals surface area contributed by atoms with E-state index in [0.717, 1.165) is 38.2 Å². The van der Waals surface area contributed by atoms with Crippen LogP contribution in [0.15, 0.2) is 18.2 Å². The predicted octanol–water partition coefficient (Wildman–Crippen LogP) is 2.39. The fourth-order valence-electron chi connectivity index (χ4n) is 3.39. The standard InChI is InChI=1S/C19H27F3N4O3/c20-19(21,22)15-2-3-17(26-8-12-29-13-9-26)16(14-15)24-18(27)23-4-1-5-25-6-10-28-11-7-25/h2-3,14H,1,4-13H2,(H2,23,24,27). The normalized spacial score (nSPS) is 18.5. The Bertz CT molecular complexity index is 675. The van der Waals surface area contributed by atoms with Crippen molar-refractivity contribution < 1.29 is 27.4 Å². The van der Waals surface area contributed by atoms with E-state index in [1.54, 1.807) is 0 Å². The number of carbonyl (C=O) groups excluding carboxylic acids is 1. The molecule has 0 spiro atoms. The highest BCUT2D eigenvalue weighted by molar-refractivity contribution is 5.93. The lowest BCUT2D eigenvalue weighted by molar-refractivity contribution is -0.137. The van der Waals surface area contributed by atoms with E-state index in [2.05, 4.69) is 15.5 Å². The smallest absolute Gasteiger partial charge is 0.379 e. The lowest BCUT2D eigenvalue weighted by Crippen LogP contribution is -2.39. The van der Waals surface area contributed by atoms with Gasteiger partial charge in [0.05, 0.1) is 43.4 Å². The molecule has 0 bridgehead atoms. The molecule has 2 amide bonds. The monoisotopic (exact) mass is 416 g/mol. The van der Waals surface area contributed by atoms with Crippen molar-refractivity contribution >= 4 is 17.4 Å². The zero-order valence-corrected chi connectivity index (χ0v) is 16.3. The predicted molar refractivity (Wildman–Crippen MR) is 103 cm³/mol. The maximum Gasteiger partial charge on any atom is 0.416 e. The molecule has 1 aromatic carbocycles. The van der Waals surface area contributed by atoms with Crippen LogP contribution < -0.4 is 15.5 Å². The van der Waals surface area contributed by atoms with Gasteiger partial charge in [0, 0.05) is 32.7 Å². The van der Waals surface area contributed by atoms with E-state index in [-0.39, 0.29) is 5.69 Å². The molecule has 2 fully saturated rings. The lowest BCUT2D eigenvalue weighted by atomic mass is 10.1. The molecule has 29 heavy (non-hydrogen) atoms. The molecule has 10 heteroatoms. The Morgan fingerprint density at radius 1 is 1.03 bits per heavy atom. The van der Waals surface area contributed by atoms with E-state index in [9.17, 15) is 18.0 Å². The van der Waals surface area contributed by atoms with Gasteiger partial charge in [-0.3, -0.25) is 4.90 Å². The van der Waals surface area contributed by atoms with Gasteiger partial charge >= 0.3 is 12.2 Å². The van der Waals surface area contributed by atoms with Crippen LogP contribution in [-0.2, 0) is 15.7 Å². The van der Waals surface area contributed by atoms with E-state index in [1.807, 2.05) is 4.90 Å². The maximum atomic E-state index is 13.1. The number of anilines is 2. The summed E-state index contributed by atoms with van der Waals surface area (Å²) in [4.78, 5) is 16.5. The Labute approximate surface area is 168 Å². The number of hydrogen-bond acceptors (Lipinski definition) is 5. The molecule has 0 aliphatic carbocycles. The first-order chi connectivity index (χ1) is 13.9. The van der Waals surface area contributed by atoms with E-state index < -0.39 is 17.8 Å². The van der Waals surface area contributed by atoms with Crippen molar-refractivity contribution in [2.45, 2.75) is 12.6 Å². The van der Waals surface area contributed by atoms with Gasteiger partial charge in [0.1, 0.15) is 0 Å². The van der Waals surface area contributed by atoms with Crippen molar-refractivity contribution in [1.82, 2.24) is 10.2 Å². The number of morpholine rings is 2. The summed E-state index contributed by atoms with van der Waals surface area (Å²) >= 11 is 0. The van der Waals surface area contributed by atoms with Crippen LogP contribution in [0.2, 0.25) is 0 Å². The molecule has 2 saturated heterocycles. The number of urea groups is 1. The third kappa shape index (κ3) is 6.48. The fraction of sp³-hybridized carbons (Fsp3) is 0.632. The quantitative estimate of drug-likeness (QED) is 0.698. The Balaban J connectivity index is 1.58. The van der Waals surface area contributed by atoms with E-state index in [4.69, 9.17) is 9.47 Å². The van der Waals surface area contributed by atoms with Gasteiger partial charge in [0.2, 0.25) is 0 Å². The van der Waals surface area contributed by atoms with Gasteiger partial charge in [-0.05, 0) is 31.2 Å². The van der Waals surface area contributed by atoms with Crippen LogP contribution in [-0.4, -0.2) is 76.6 Å². The third-order valence-electron chi connectivity index (χ3n) is 4.96. The molecule has 2 aliphatic heterocycles. The Morgan fingerprint density at radius 3 is 2.34 bits per heavy atom. The Hall–Kier alpha value is -2.04. The number of amides is 2. The van der Waals surface area contributed by atoms with Gasteiger partial charge in [-0.25, -0.2) is 4.79 Å². The van der Waals surface area contributed by atoms with Crippen molar-refractivity contribution in [1.29, 1.82) is 0 Å². The molecule has 162 valence electrons. The van der Waals surface area contributed by atoms with Crippen LogP contribution in [0, 0.1) is 0 Å². The second-order valence-corrected chi connectivity index (χ2v) is 7.02. The molecule has 0 aromatic heterocycles. The summed E-state index contributed by atoms with van der Waals surface area (Å²) in [6, 6.07) is 2.91. The Kier molecular flexibility index (Phi) is 7.57. The first kappa shape index (κ1) is 21.7. The average Bonchev–Trinajstić information content (AvgIpc) is 2.72. The number of ether oxygens (including phenoxy) is 2. The first-order valence-corrected chi connectivity index (χ1v) is 9.82. The molecule has 3 rings (SSSR count). The number of halogens is 3. The highest BCUT2D eigenvalue weighted by Gasteiger charge is 2.32. The van der Waals surface area contributed by atoms with Crippen molar-refractivity contribution in [2.24, 2.45) is 0 Å². The molecule has 7 nitrogen and oxygen atoms in total. The van der Waals surface area contributed by atoms with Crippen LogP contribution >= 0.6 is 0 Å². The van der Waals surface area contributed by atoms with Crippen LogP contribution in [0.5, 0.6) is 0 Å². The lowest BCUT2D eigenvalue weighted by Gasteiger charge is -2.31. The number of nitrogens with one attached hydrogen (secondary N) is 2. The van der Waals surface area contributed by atoms with E-state index >= 15 is 0 Å². The molecule has 2 heterocycles. The topological polar surface area (TPSA) is 66.1 Å². The summed E-state index contributed by atoms with van der Waals surface area (Å²) in [6.45, 7) is 6.56. The largest absolute Gasteiger partial charge is 0.416 e. The van der Waals surface area contributed by atoms with Crippen molar-refractivity contribution in [3.63, 3.8) is 0 Å². The molecule has 0 unspecified atom stereocenters. The second-order valence-electron chi connectivity index (χ2n) is 7.02. The summed E-state index contributed by atoms with van der Waals surface area (Å²) in [7, 11) is 0. The van der Waals surface area contributed by atoms with Crippen LogP contribution in [0.4, 0.5) is 29.3 Å². The van der Waals surface area contributed by atoms with Gasteiger partial charge in [-0.15, -0.1) is 0 Å². The molecular formula is C19H27F3N4O3. The molecule has 0 saturated carbocycles. The minimum atomic E-state index is -4.48. The zero-order valence-electron chi connectivity index (χ0n) is 16.3. The third-order valence-corrected chi connectivity index (χ3v) is 4.96. The van der Waals surface area contributed by atoms with Gasteiger partial charge in [0.15, 0.2) is 0 Å². The molecule has 0 atom stereocenters. The SMILES string of the molecule is O=C(NCCCN1CCOCC1)Nc1cc(C(F)(F)F)ccc1N1CCOCC1. The summed E-state index contributed by atoms with van der Waals surface area (Å²) in [5.74, 6) is 0. The van der Waals surface area contributed by atoms with Crippen LogP contribution in [0.25, 0.3) is 0 Å². The van der Waals surface area contributed by atoms with Crippen LogP contribution in [0.3, 0.4) is 0 Å². The summed E-state index contributed by atoms with van der Waals surface area (Å²) < 4.78 is 50.0. The van der Waals surface area contributed by atoms with Gasteiger partial charge in [0.25, 0.3) is 0 Å². The number of benzene rings is 1. The van der Waals surface area contributed by atoms with Gasteiger partial charge < -0.3 is 25.0 Å². The van der Waals surface area contributed by atoms with E-state index in [0.29, 0.717) is 51.7 Å². The number of nitrogens with zero attached hydrogens (tertiary/aromatic N) is 2. The summed E-state index contributed by atoms with van der Waals surface area (Å²) in [5.41, 5.74) is -0.0886. The Morgan fingerprint density at radius 2 is 1.69 bits per heavy atom. The highest BCUT2D eigenvalue weighted by atomic mass is 19.4. The first-order valence-electron chi connectivity index (χ1n) is 9.82. The summed E-state index contributed by atoms with van der Waals surface area (Å²) in [5, 5.41) is 5.32. The number of alkyl halides is 3.